The van der Waals surface area contributed by atoms with Crippen molar-refractivity contribution in [3.63, 3.8) is 0 Å². The summed E-state index contributed by atoms with van der Waals surface area (Å²) in [5.74, 6) is 0.607. The van der Waals surface area contributed by atoms with Crippen LogP contribution in [0.25, 0.3) is 0 Å². The van der Waals surface area contributed by atoms with E-state index in [1.54, 1.807) is 48.2 Å². The van der Waals surface area contributed by atoms with Crippen LogP contribution in [0.1, 0.15) is 34.1 Å². The lowest BCUT2D eigenvalue weighted by Crippen LogP contribution is -2.21. The minimum absolute atomic E-state index is 0.280. The Morgan fingerprint density at radius 3 is 1.39 bits per heavy atom. The molecular formula is C22H36INO2S2. The minimum atomic E-state index is 0.280. The van der Waals surface area contributed by atoms with E-state index in [4.69, 9.17) is 10.2 Å². The number of benzene rings is 2. The lowest BCUT2D eigenvalue weighted by atomic mass is 10.3. The number of hydrogen-bond acceptors (Lipinski definition) is 5. The molecule has 2 aromatic carbocycles. The first-order valence-electron chi connectivity index (χ1n) is 9.47. The third kappa shape index (κ3) is 18.8. The number of phenols is 2. The van der Waals surface area contributed by atoms with Crippen molar-refractivity contribution in [2.45, 2.75) is 43.9 Å². The summed E-state index contributed by atoms with van der Waals surface area (Å²) in [6, 6.07) is 13.8. The highest BCUT2D eigenvalue weighted by Crippen LogP contribution is 2.17. The van der Waals surface area contributed by atoms with E-state index in [0.29, 0.717) is 5.75 Å². The van der Waals surface area contributed by atoms with E-state index < -0.39 is 0 Å². The van der Waals surface area contributed by atoms with Gasteiger partial charge < -0.3 is 15.1 Å². The molecule has 0 fully saturated rings. The van der Waals surface area contributed by atoms with E-state index in [2.05, 4.69) is 67.8 Å². The number of phenolic OH excluding ortho intramolecular Hbond substituents is 2. The number of thioether (sulfide) groups is 1. The van der Waals surface area contributed by atoms with Crippen LogP contribution in [-0.2, 0) is 0 Å². The van der Waals surface area contributed by atoms with Crippen molar-refractivity contribution in [2.75, 3.05) is 30.3 Å². The van der Waals surface area contributed by atoms with Crippen molar-refractivity contribution in [1.82, 2.24) is 4.90 Å². The van der Waals surface area contributed by atoms with Gasteiger partial charge in [0.05, 0.1) is 0 Å². The van der Waals surface area contributed by atoms with Gasteiger partial charge in [0.25, 0.3) is 0 Å². The topological polar surface area (TPSA) is 43.7 Å². The van der Waals surface area contributed by atoms with Crippen LogP contribution in [0.4, 0.5) is 0 Å². The molecule has 0 unspecified atom stereocenters. The molecule has 0 aliphatic heterocycles. The van der Waals surface area contributed by atoms with Gasteiger partial charge in [0.2, 0.25) is 0 Å². The van der Waals surface area contributed by atoms with Gasteiger partial charge >= 0.3 is 0 Å². The van der Waals surface area contributed by atoms with Gasteiger partial charge in [0.15, 0.2) is 0 Å². The summed E-state index contributed by atoms with van der Waals surface area (Å²) in [6.07, 6.45) is 3.31. The highest BCUT2D eigenvalue weighted by Gasteiger charge is 1.89. The summed E-state index contributed by atoms with van der Waals surface area (Å²) >= 11 is 8.04. The quantitative estimate of drug-likeness (QED) is 0.167. The Balaban J connectivity index is 0. The molecule has 6 heteroatoms. The van der Waals surface area contributed by atoms with Crippen LogP contribution in [0.3, 0.4) is 0 Å². The monoisotopic (exact) mass is 537 g/mol. The summed E-state index contributed by atoms with van der Waals surface area (Å²) in [5.41, 5.74) is 0. The number of aromatic hydroxyl groups is 2. The fraction of sp³-hybridized carbons (Fsp3) is 0.455. The SMILES string of the molecule is CCCI.CCN(CC)CC.CSc1ccc(O)cc1.Oc1ccc(S)cc1. The Hall–Kier alpha value is -0.570. The van der Waals surface area contributed by atoms with Gasteiger partial charge in [0.1, 0.15) is 11.5 Å². The molecule has 0 spiro atoms. The molecule has 0 aliphatic carbocycles. The third-order valence-electron chi connectivity index (χ3n) is 3.45. The van der Waals surface area contributed by atoms with Crippen molar-refractivity contribution in [3.8, 4) is 11.5 Å². The first-order chi connectivity index (χ1) is 13.4. The van der Waals surface area contributed by atoms with E-state index in [9.17, 15) is 0 Å². The molecule has 0 saturated carbocycles. The summed E-state index contributed by atoms with van der Waals surface area (Å²) < 4.78 is 1.29. The predicted molar refractivity (Wildman–Crippen MR) is 138 cm³/mol. The first-order valence-corrected chi connectivity index (χ1v) is 12.7. The molecular weight excluding hydrogens is 501 g/mol. The number of nitrogens with zero attached hydrogens (tertiary/aromatic N) is 1. The maximum Gasteiger partial charge on any atom is 0.115 e. The van der Waals surface area contributed by atoms with Gasteiger partial charge in [-0.3, -0.25) is 0 Å². The Morgan fingerprint density at radius 2 is 1.18 bits per heavy atom. The molecule has 2 aromatic rings. The van der Waals surface area contributed by atoms with E-state index in [-0.39, 0.29) is 5.75 Å². The Bertz CT molecular complexity index is 533. The normalized spacial score (nSPS) is 9.29. The van der Waals surface area contributed by atoms with E-state index in [1.165, 1.54) is 35.4 Å². The predicted octanol–water partition coefficient (Wildman–Crippen LogP) is 6.97. The molecule has 0 aromatic heterocycles. The summed E-state index contributed by atoms with van der Waals surface area (Å²) in [4.78, 5) is 4.41. The van der Waals surface area contributed by atoms with E-state index in [1.807, 2.05) is 18.4 Å². The van der Waals surface area contributed by atoms with Gasteiger partial charge in [-0.05, 0) is 85.3 Å². The number of alkyl halides is 1. The molecule has 0 aliphatic rings. The second kappa shape index (κ2) is 21.1. The number of halogens is 1. The molecule has 2 N–H and O–H groups in total. The van der Waals surface area contributed by atoms with E-state index >= 15 is 0 Å². The van der Waals surface area contributed by atoms with Gasteiger partial charge in [-0.1, -0.05) is 50.3 Å². The van der Waals surface area contributed by atoms with Gasteiger partial charge in [-0.2, -0.15) is 0 Å². The average Bonchev–Trinajstić information content (AvgIpc) is 2.73. The zero-order chi connectivity index (χ0) is 21.8. The van der Waals surface area contributed by atoms with Crippen molar-refractivity contribution in [3.05, 3.63) is 48.5 Å². The van der Waals surface area contributed by atoms with Crippen LogP contribution in [0.5, 0.6) is 11.5 Å². The van der Waals surface area contributed by atoms with Crippen LogP contribution in [-0.4, -0.2) is 45.4 Å². The van der Waals surface area contributed by atoms with Gasteiger partial charge in [-0.25, -0.2) is 0 Å². The standard InChI is InChI=1S/C7H8OS.C6H15N.C6H6OS.C3H7I/c1-9-7-4-2-6(8)3-5-7;1-4-7(5-2)6-3;7-5-1-3-6(8)4-2-5;1-2-3-4/h2-5,8H,1H3;4-6H2,1-3H3;1-4,7-8H;2-3H2,1H3. The molecule has 3 nitrogen and oxygen atoms in total. The van der Waals surface area contributed by atoms with Crippen molar-refractivity contribution < 1.29 is 10.2 Å². The van der Waals surface area contributed by atoms with Gasteiger partial charge in [-0.15, -0.1) is 24.4 Å². The third-order valence-corrected chi connectivity index (χ3v) is 5.57. The fourth-order valence-corrected chi connectivity index (χ4v) is 2.26. The minimum Gasteiger partial charge on any atom is -0.508 e. The summed E-state index contributed by atoms with van der Waals surface area (Å²) in [6.45, 7) is 12.3. The molecule has 160 valence electrons. The van der Waals surface area contributed by atoms with Crippen LogP contribution in [0, 0.1) is 0 Å². The smallest absolute Gasteiger partial charge is 0.115 e. The van der Waals surface area contributed by atoms with Gasteiger partial charge in [0, 0.05) is 9.79 Å². The maximum atomic E-state index is 8.84. The highest BCUT2D eigenvalue weighted by molar-refractivity contribution is 14.1. The lowest BCUT2D eigenvalue weighted by Gasteiger charge is -2.13. The Labute approximate surface area is 195 Å². The largest absolute Gasteiger partial charge is 0.508 e. The first kappa shape index (κ1) is 29.6. The van der Waals surface area contributed by atoms with Crippen molar-refractivity contribution in [1.29, 1.82) is 0 Å². The summed E-state index contributed by atoms with van der Waals surface area (Å²) in [7, 11) is 0. The molecule has 0 amide bonds. The molecule has 0 atom stereocenters. The molecule has 0 radical (unpaired) electrons. The number of hydrogen-bond donors (Lipinski definition) is 3. The zero-order valence-corrected chi connectivity index (χ0v) is 21.6. The number of rotatable bonds is 5. The average molecular weight is 538 g/mol. The summed E-state index contributed by atoms with van der Waals surface area (Å²) in [5, 5.41) is 17.6. The maximum absolute atomic E-state index is 8.84. The molecule has 0 bridgehead atoms. The van der Waals surface area contributed by atoms with Crippen LogP contribution >= 0.6 is 47.0 Å². The second-order valence-electron chi connectivity index (χ2n) is 5.52. The van der Waals surface area contributed by atoms with E-state index in [0.717, 1.165) is 4.90 Å². The fourth-order valence-electron chi connectivity index (χ4n) is 1.71. The van der Waals surface area contributed by atoms with Crippen LogP contribution in [0.15, 0.2) is 58.3 Å². The molecule has 0 heterocycles. The molecule has 28 heavy (non-hydrogen) atoms. The Morgan fingerprint density at radius 1 is 0.821 bits per heavy atom. The second-order valence-corrected chi connectivity index (χ2v) is 8.00. The number of thiol groups is 1. The molecule has 2 rings (SSSR count). The highest BCUT2D eigenvalue weighted by atomic mass is 127. The van der Waals surface area contributed by atoms with Crippen molar-refractivity contribution >= 4 is 47.0 Å². The van der Waals surface area contributed by atoms with Crippen LogP contribution in [0.2, 0.25) is 0 Å². The van der Waals surface area contributed by atoms with Crippen molar-refractivity contribution in [2.24, 2.45) is 0 Å². The lowest BCUT2D eigenvalue weighted by molar-refractivity contribution is 0.321. The molecule has 0 saturated heterocycles. The zero-order valence-electron chi connectivity index (χ0n) is 17.7. The Kier molecular flexibility index (Phi) is 22.4. The van der Waals surface area contributed by atoms with Crippen LogP contribution < -0.4 is 0 Å².